The minimum Gasteiger partial charge on any atom is -0.354 e. The predicted molar refractivity (Wildman–Crippen MR) is 103 cm³/mol. The van der Waals surface area contributed by atoms with Crippen LogP contribution in [0.1, 0.15) is 26.5 Å². The van der Waals surface area contributed by atoms with Crippen molar-refractivity contribution in [2.45, 2.75) is 26.9 Å². The number of aromatic nitrogens is 5. The van der Waals surface area contributed by atoms with Crippen molar-refractivity contribution < 1.29 is 22.0 Å². The quantitative estimate of drug-likeness (QED) is 0.435. The van der Waals surface area contributed by atoms with Crippen molar-refractivity contribution in [3.05, 3.63) is 47.9 Å². The molecule has 0 saturated carbocycles. The fourth-order valence-corrected chi connectivity index (χ4v) is 2.31. The maximum atomic E-state index is 13.5. The Hall–Kier alpha value is -3.44. The van der Waals surface area contributed by atoms with E-state index in [1.165, 1.54) is 12.1 Å². The summed E-state index contributed by atoms with van der Waals surface area (Å²) in [4.78, 5) is 19.2. The SMILES string of the molecule is CC(C)(C)CNc1nc(Nc2cnc(F)c(F)c2)nc(-c2cccc(C(F)(F)F)n2)n1. The van der Waals surface area contributed by atoms with Gasteiger partial charge in [-0.1, -0.05) is 26.8 Å². The van der Waals surface area contributed by atoms with E-state index in [9.17, 15) is 22.0 Å². The van der Waals surface area contributed by atoms with Crippen LogP contribution in [0, 0.1) is 17.2 Å². The van der Waals surface area contributed by atoms with Crippen LogP contribution in [0.25, 0.3) is 11.5 Å². The van der Waals surface area contributed by atoms with Crippen LogP contribution in [0.15, 0.2) is 30.5 Å². The summed E-state index contributed by atoms with van der Waals surface area (Å²) in [7, 11) is 0. The van der Waals surface area contributed by atoms with Gasteiger partial charge in [0.15, 0.2) is 11.6 Å². The van der Waals surface area contributed by atoms with Crippen molar-refractivity contribution in [3.63, 3.8) is 0 Å². The molecule has 0 unspecified atom stereocenters. The second-order valence-electron chi connectivity index (χ2n) is 7.75. The summed E-state index contributed by atoms with van der Waals surface area (Å²) in [5, 5.41) is 5.63. The van der Waals surface area contributed by atoms with Crippen LogP contribution in [0.5, 0.6) is 0 Å². The number of rotatable bonds is 5. The molecule has 0 aliphatic carbocycles. The molecule has 0 amide bonds. The predicted octanol–water partition coefficient (Wildman–Crippen LogP) is 4.83. The maximum Gasteiger partial charge on any atom is 0.433 e. The van der Waals surface area contributed by atoms with Crippen LogP contribution < -0.4 is 10.6 Å². The molecule has 3 heterocycles. The van der Waals surface area contributed by atoms with Gasteiger partial charge in [-0.15, -0.1) is 0 Å². The number of pyridine rings is 2. The molecule has 3 rings (SSSR count). The smallest absolute Gasteiger partial charge is 0.354 e. The summed E-state index contributed by atoms with van der Waals surface area (Å²) in [5.74, 6) is -2.66. The molecule has 0 fully saturated rings. The Morgan fingerprint density at radius 2 is 1.65 bits per heavy atom. The Morgan fingerprint density at radius 3 is 2.29 bits per heavy atom. The second-order valence-corrected chi connectivity index (χ2v) is 7.75. The first-order valence-corrected chi connectivity index (χ1v) is 9.03. The van der Waals surface area contributed by atoms with Crippen molar-refractivity contribution in [2.24, 2.45) is 5.41 Å². The number of anilines is 3. The van der Waals surface area contributed by atoms with E-state index in [0.29, 0.717) is 6.54 Å². The highest BCUT2D eigenvalue weighted by molar-refractivity contribution is 5.58. The van der Waals surface area contributed by atoms with Crippen LogP contribution in [-0.4, -0.2) is 31.5 Å². The highest BCUT2D eigenvalue weighted by Gasteiger charge is 2.32. The van der Waals surface area contributed by atoms with E-state index in [1.807, 2.05) is 20.8 Å². The highest BCUT2D eigenvalue weighted by Crippen LogP contribution is 2.29. The Balaban J connectivity index is 2.01. The Bertz CT molecular complexity index is 1080. The summed E-state index contributed by atoms with van der Waals surface area (Å²) in [6, 6.07) is 4.18. The summed E-state index contributed by atoms with van der Waals surface area (Å²) in [6.07, 6.45) is -3.62. The molecule has 164 valence electrons. The Kier molecular flexibility index (Phi) is 6.00. The molecule has 0 bridgehead atoms. The van der Waals surface area contributed by atoms with Crippen LogP contribution in [-0.2, 0) is 6.18 Å². The van der Waals surface area contributed by atoms with Crippen LogP contribution in [0.4, 0.5) is 39.5 Å². The zero-order valence-electron chi connectivity index (χ0n) is 16.7. The third-order valence-electron chi connectivity index (χ3n) is 3.73. The normalized spacial score (nSPS) is 12.0. The maximum absolute atomic E-state index is 13.5. The lowest BCUT2D eigenvalue weighted by Crippen LogP contribution is -2.21. The molecule has 12 heteroatoms. The molecule has 0 aliphatic heterocycles. The van der Waals surface area contributed by atoms with Gasteiger partial charge in [-0.3, -0.25) is 0 Å². The average molecular weight is 439 g/mol. The lowest BCUT2D eigenvalue weighted by Gasteiger charge is -2.19. The van der Waals surface area contributed by atoms with Gasteiger partial charge in [0.05, 0.1) is 11.9 Å². The van der Waals surface area contributed by atoms with Crippen molar-refractivity contribution in [1.82, 2.24) is 24.9 Å². The monoisotopic (exact) mass is 439 g/mol. The third kappa shape index (κ3) is 6.03. The zero-order valence-corrected chi connectivity index (χ0v) is 16.7. The first-order valence-electron chi connectivity index (χ1n) is 9.03. The molecule has 0 atom stereocenters. The van der Waals surface area contributed by atoms with Gasteiger partial charge in [-0.25, -0.2) is 14.4 Å². The summed E-state index contributed by atoms with van der Waals surface area (Å²) < 4.78 is 65.6. The molecule has 0 aliphatic rings. The molecule has 2 N–H and O–H groups in total. The van der Waals surface area contributed by atoms with Gasteiger partial charge in [-0.05, 0) is 17.5 Å². The molecule has 3 aromatic rings. The number of halogens is 5. The molecule has 0 saturated heterocycles. The van der Waals surface area contributed by atoms with Crippen molar-refractivity contribution >= 4 is 17.6 Å². The molecular weight excluding hydrogens is 421 g/mol. The Labute approximate surface area is 174 Å². The topological polar surface area (TPSA) is 88.5 Å². The van der Waals surface area contributed by atoms with E-state index in [4.69, 9.17) is 0 Å². The largest absolute Gasteiger partial charge is 0.433 e. The standard InChI is InChI=1S/C19H18F5N7/c1-18(2,3)9-26-16-29-15(12-5-4-6-13(28-12)19(22,23)24)30-17(31-16)27-10-7-11(20)14(21)25-8-10/h4-8H,9H2,1-3H3,(H2,26,27,29,30,31). The van der Waals surface area contributed by atoms with Crippen LogP contribution >= 0.6 is 0 Å². The highest BCUT2D eigenvalue weighted by atomic mass is 19.4. The van der Waals surface area contributed by atoms with E-state index >= 15 is 0 Å². The van der Waals surface area contributed by atoms with Crippen LogP contribution in [0.3, 0.4) is 0 Å². The van der Waals surface area contributed by atoms with Gasteiger partial charge in [0.1, 0.15) is 11.4 Å². The molecule has 7 nitrogen and oxygen atoms in total. The number of hydrogen-bond acceptors (Lipinski definition) is 7. The number of alkyl halides is 3. The minimum atomic E-state index is -4.64. The number of nitrogens with one attached hydrogen (secondary N) is 2. The first-order chi connectivity index (χ1) is 14.4. The van der Waals surface area contributed by atoms with Crippen molar-refractivity contribution in [2.75, 3.05) is 17.2 Å². The molecular formula is C19H18F5N7. The van der Waals surface area contributed by atoms with Gasteiger partial charge in [0.25, 0.3) is 0 Å². The van der Waals surface area contributed by atoms with Gasteiger partial charge < -0.3 is 10.6 Å². The van der Waals surface area contributed by atoms with Crippen LogP contribution in [0.2, 0.25) is 0 Å². The second kappa shape index (κ2) is 8.36. The first kappa shape index (κ1) is 22.2. The average Bonchev–Trinajstić information content (AvgIpc) is 2.68. The lowest BCUT2D eigenvalue weighted by molar-refractivity contribution is -0.141. The fraction of sp³-hybridized carbons (Fsp3) is 0.316. The van der Waals surface area contributed by atoms with Crippen molar-refractivity contribution in [1.29, 1.82) is 0 Å². The van der Waals surface area contributed by atoms with E-state index in [1.54, 1.807) is 0 Å². The summed E-state index contributed by atoms with van der Waals surface area (Å²) >= 11 is 0. The lowest BCUT2D eigenvalue weighted by atomic mass is 9.97. The molecule has 31 heavy (non-hydrogen) atoms. The van der Waals surface area contributed by atoms with E-state index < -0.39 is 23.6 Å². The molecule has 3 aromatic heterocycles. The molecule has 0 spiro atoms. The van der Waals surface area contributed by atoms with Gasteiger partial charge in [0, 0.05) is 12.6 Å². The van der Waals surface area contributed by atoms with E-state index in [-0.39, 0.29) is 34.5 Å². The Morgan fingerprint density at radius 1 is 0.935 bits per heavy atom. The number of nitrogens with zero attached hydrogens (tertiary/aromatic N) is 5. The van der Waals surface area contributed by atoms with Gasteiger partial charge in [0.2, 0.25) is 17.8 Å². The zero-order chi connectivity index (χ0) is 22.8. The summed E-state index contributed by atoms with van der Waals surface area (Å²) in [5.41, 5.74) is -1.36. The van der Waals surface area contributed by atoms with Gasteiger partial charge >= 0.3 is 6.18 Å². The third-order valence-corrected chi connectivity index (χ3v) is 3.73. The number of hydrogen-bond donors (Lipinski definition) is 2. The summed E-state index contributed by atoms with van der Waals surface area (Å²) in [6.45, 7) is 6.33. The molecule has 0 aromatic carbocycles. The van der Waals surface area contributed by atoms with Crippen molar-refractivity contribution in [3.8, 4) is 11.5 Å². The molecule has 0 radical (unpaired) electrons. The van der Waals surface area contributed by atoms with Gasteiger partial charge in [-0.2, -0.15) is 32.5 Å². The van der Waals surface area contributed by atoms with E-state index in [2.05, 4.69) is 35.6 Å². The fourth-order valence-electron chi connectivity index (χ4n) is 2.31. The minimum absolute atomic E-state index is 0.0369. The van der Waals surface area contributed by atoms with E-state index in [0.717, 1.165) is 18.3 Å².